The molecule has 1 aromatic heterocycles. The average Bonchev–Trinajstić information content (AvgIpc) is 2.48. The molecule has 0 fully saturated rings. The second-order valence-electron chi connectivity index (χ2n) is 4.40. The van der Waals surface area contributed by atoms with Gasteiger partial charge in [-0.15, -0.1) is 0 Å². The third-order valence-electron chi connectivity index (χ3n) is 2.72. The maximum atomic E-state index is 13.6. The van der Waals surface area contributed by atoms with Gasteiger partial charge in [0.05, 0.1) is 12.2 Å². The van der Waals surface area contributed by atoms with Gasteiger partial charge in [-0.05, 0) is 30.7 Å². The highest BCUT2D eigenvalue weighted by Crippen LogP contribution is 2.15. The van der Waals surface area contributed by atoms with Crippen LogP contribution in [-0.2, 0) is 4.79 Å². The molecular weight excluding hydrogens is 273 g/mol. The van der Waals surface area contributed by atoms with Crippen LogP contribution < -0.4 is 16.0 Å². The van der Waals surface area contributed by atoms with E-state index in [1.807, 2.05) is 0 Å². The molecule has 0 saturated heterocycles. The van der Waals surface area contributed by atoms with Crippen LogP contribution in [0.25, 0.3) is 0 Å². The van der Waals surface area contributed by atoms with Crippen LogP contribution in [0, 0.1) is 12.7 Å². The summed E-state index contributed by atoms with van der Waals surface area (Å²) in [5.74, 6) is 0.117. The van der Waals surface area contributed by atoms with Crippen molar-refractivity contribution in [3.63, 3.8) is 0 Å². The first-order valence-corrected chi connectivity index (χ1v) is 6.39. The summed E-state index contributed by atoms with van der Waals surface area (Å²) in [5, 5.41) is 8.13. The maximum Gasteiger partial charge on any atom is 0.243 e. The van der Waals surface area contributed by atoms with Crippen molar-refractivity contribution in [3.05, 3.63) is 41.8 Å². The SMILES string of the molecule is CNc1ccnc(NCC(=O)Nc2ccc(C)cc2F)n1. The van der Waals surface area contributed by atoms with E-state index in [2.05, 4.69) is 25.9 Å². The molecule has 0 bridgehead atoms. The summed E-state index contributed by atoms with van der Waals surface area (Å²) in [4.78, 5) is 19.9. The van der Waals surface area contributed by atoms with Gasteiger partial charge in [0.15, 0.2) is 0 Å². The minimum atomic E-state index is -0.461. The Morgan fingerprint density at radius 3 is 2.86 bits per heavy atom. The summed E-state index contributed by atoms with van der Waals surface area (Å²) in [5.41, 5.74) is 0.943. The lowest BCUT2D eigenvalue weighted by Crippen LogP contribution is -2.23. The van der Waals surface area contributed by atoms with E-state index in [1.165, 1.54) is 12.1 Å². The van der Waals surface area contributed by atoms with E-state index in [9.17, 15) is 9.18 Å². The van der Waals surface area contributed by atoms with Crippen molar-refractivity contribution in [2.75, 3.05) is 29.5 Å². The molecule has 6 nitrogen and oxygen atoms in total. The Labute approximate surface area is 121 Å². The van der Waals surface area contributed by atoms with Gasteiger partial charge in [-0.25, -0.2) is 9.37 Å². The number of aryl methyl sites for hydroxylation is 1. The number of rotatable bonds is 5. The minimum Gasteiger partial charge on any atom is -0.373 e. The Morgan fingerprint density at radius 1 is 1.33 bits per heavy atom. The predicted octanol–water partition coefficient (Wildman–Crippen LogP) is 2.02. The predicted molar refractivity (Wildman–Crippen MR) is 79.8 cm³/mol. The van der Waals surface area contributed by atoms with Gasteiger partial charge in [0, 0.05) is 13.2 Å². The molecule has 0 aliphatic carbocycles. The van der Waals surface area contributed by atoms with Gasteiger partial charge in [-0.1, -0.05) is 6.07 Å². The fourth-order valence-corrected chi connectivity index (χ4v) is 1.66. The van der Waals surface area contributed by atoms with Crippen LogP contribution in [0.3, 0.4) is 0 Å². The highest BCUT2D eigenvalue weighted by molar-refractivity contribution is 5.93. The molecule has 0 atom stereocenters. The standard InChI is InChI=1S/C14H16FN5O/c1-9-3-4-11(10(15)7-9)19-13(21)8-18-14-17-6-5-12(16-2)20-14/h3-7H,8H2,1-2H3,(H,19,21)(H2,16,17,18,20). The van der Waals surface area contributed by atoms with Gasteiger partial charge >= 0.3 is 0 Å². The fourth-order valence-electron chi connectivity index (χ4n) is 1.66. The zero-order valence-electron chi connectivity index (χ0n) is 11.8. The van der Waals surface area contributed by atoms with Gasteiger partial charge in [0.2, 0.25) is 11.9 Å². The molecule has 2 aromatic rings. The number of anilines is 3. The molecule has 0 saturated carbocycles. The van der Waals surface area contributed by atoms with Crippen LogP contribution in [0.2, 0.25) is 0 Å². The summed E-state index contributed by atoms with van der Waals surface area (Å²) >= 11 is 0. The smallest absolute Gasteiger partial charge is 0.243 e. The summed E-state index contributed by atoms with van der Waals surface area (Å²) < 4.78 is 13.6. The molecule has 0 aliphatic heterocycles. The second kappa shape index (κ2) is 6.65. The number of nitrogens with zero attached hydrogens (tertiary/aromatic N) is 2. The molecule has 3 N–H and O–H groups in total. The summed E-state index contributed by atoms with van der Waals surface area (Å²) in [6.45, 7) is 1.73. The quantitative estimate of drug-likeness (QED) is 0.785. The molecule has 110 valence electrons. The van der Waals surface area contributed by atoms with Crippen molar-refractivity contribution in [1.29, 1.82) is 0 Å². The first-order valence-electron chi connectivity index (χ1n) is 6.39. The number of hydrogen-bond acceptors (Lipinski definition) is 5. The number of hydrogen-bond donors (Lipinski definition) is 3. The number of benzene rings is 1. The Morgan fingerprint density at radius 2 is 2.14 bits per heavy atom. The van der Waals surface area contributed by atoms with Crippen LogP contribution in [-0.4, -0.2) is 29.5 Å². The van der Waals surface area contributed by atoms with Gasteiger partial charge in [0.1, 0.15) is 11.6 Å². The topological polar surface area (TPSA) is 78.9 Å². The number of nitrogens with one attached hydrogen (secondary N) is 3. The third-order valence-corrected chi connectivity index (χ3v) is 2.72. The molecule has 1 aromatic carbocycles. The lowest BCUT2D eigenvalue weighted by molar-refractivity contribution is -0.114. The van der Waals surface area contributed by atoms with Crippen molar-refractivity contribution in [2.45, 2.75) is 6.92 Å². The fraction of sp³-hybridized carbons (Fsp3) is 0.214. The Hall–Kier alpha value is -2.70. The van der Waals surface area contributed by atoms with E-state index in [-0.39, 0.29) is 18.1 Å². The summed E-state index contributed by atoms with van der Waals surface area (Å²) in [6.07, 6.45) is 1.57. The van der Waals surface area contributed by atoms with Crippen LogP contribution >= 0.6 is 0 Å². The Kier molecular flexibility index (Phi) is 4.65. The first-order chi connectivity index (χ1) is 10.1. The van der Waals surface area contributed by atoms with E-state index in [4.69, 9.17) is 0 Å². The van der Waals surface area contributed by atoms with Crippen LogP contribution in [0.4, 0.5) is 21.8 Å². The monoisotopic (exact) mass is 289 g/mol. The van der Waals surface area contributed by atoms with E-state index in [0.717, 1.165) is 5.56 Å². The highest BCUT2D eigenvalue weighted by atomic mass is 19.1. The zero-order valence-corrected chi connectivity index (χ0v) is 11.8. The van der Waals surface area contributed by atoms with Crippen molar-refractivity contribution >= 4 is 23.4 Å². The second-order valence-corrected chi connectivity index (χ2v) is 4.40. The van der Waals surface area contributed by atoms with Crippen molar-refractivity contribution in [3.8, 4) is 0 Å². The van der Waals surface area contributed by atoms with E-state index < -0.39 is 5.82 Å². The summed E-state index contributed by atoms with van der Waals surface area (Å²) in [7, 11) is 1.74. The Balaban J connectivity index is 1.92. The van der Waals surface area contributed by atoms with Gasteiger partial charge in [-0.2, -0.15) is 4.98 Å². The van der Waals surface area contributed by atoms with E-state index in [1.54, 1.807) is 32.3 Å². The maximum absolute atomic E-state index is 13.6. The molecule has 0 radical (unpaired) electrons. The van der Waals surface area contributed by atoms with Crippen LogP contribution in [0.1, 0.15) is 5.56 Å². The largest absolute Gasteiger partial charge is 0.373 e. The van der Waals surface area contributed by atoms with Crippen molar-refractivity contribution in [2.24, 2.45) is 0 Å². The minimum absolute atomic E-state index is 0.0551. The normalized spacial score (nSPS) is 10.0. The Bertz CT molecular complexity index is 647. The molecule has 1 amide bonds. The molecular formula is C14H16FN5O. The van der Waals surface area contributed by atoms with Crippen LogP contribution in [0.5, 0.6) is 0 Å². The first kappa shape index (κ1) is 14.7. The van der Waals surface area contributed by atoms with Gasteiger partial charge in [0.25, 0.3) is 0 Å². The molecule has 1 heterocycles. The average molecular weight is 289 g/mol. The number of carbonyl (C=O) groups is 1. The molecule has 2 rings (SSSR count). The van der Waals surface area contributed by atoms with E-state index >= 15 is 0 Å². The number of amides is 1. The van der Waals surface area contributed by atoms with Gasteiger partial charge < -0.3 is 16.0 Å². The number of aromatic nitrogens is 2. The lowest BCUT2D eigenvalue weighted by Gasteiger charge is -2.08. The summed E-state index contributed by atoms with van der Waals surface area (Å²) in [6, 6.07) is 6.32. The van der Waals surface area contributed by atoms with E-state index in [0.29, 0.717) is 11.8 Å². The van der Waals surface area contributed by atoms with Crippen LogP contribution in [0.15, 0.2) is 30.5 Å². The lowest BCUT2D eigenvalue weighted by atomic mass is 10.2. The number of carbonyl (C=O) groups excluding carboxylic acids is 1. The zero-order chi connectivity index (χ0) is 15.2. The molecule has 0 aliphatic rings. The third kappa shape index (κ3) is 4.13. The molecule has 7 heteroatoms. The van der Waals surface area contributed by atoms with Gasteiger partial charge in [-0.3, -0.25) is 4.79 Å². The molecule has 0 unspecified atom stereocenters. The molecule has 21 heavy (non-hydrogen) atoms. The van der Waals surface area contributed by atoms with Crippen molar-refractivity contribution < 1.29 is 9.18 Å². The highest BCUT2D eigenvalue weighted by Gasteiger charge is 2.07. The van der Waals surface area contributed by atoms with Crippen molar-refractivity contribution in [1.82, 2.24) is 9.97 Å². The number of halogens is 1. The molecule has 0 spiro atoms.